The maximum absolute atomic E-state index is 12.5. The zero-order valence-corrected chi connectivity index (χ0v) is 13.3. The molecule has 0 saturated heterocycles. The Morgan fingerprint density at radius 1 is 1.19 bits per heavy atom. The molecule has 0 saturated carbocycles. The Balaban J connectivity index is 2.94. The van der Waals surface area contributed by atoms with Crippen LogP contribution in [0.5, 0.6) is 0 Å². The van der Waals surface area contributed by atoms with Gasteiger partial charge in [-0.15, -0.1) is 0 Å². The highest BCUT2D eigenvalue weighted by Crippen LogP contribution is 2.25. The molecule has 0 aromatic heterocycles. The van der Waals surface area contributed by atoms with Crippen LogP contribution < -0.4 is 11.1 Å². The van der Waals surface area contributed by atoms with E-state index in [-0.39, 0.29) is 11.8 Å². The number of methoxy groups -OCH3 is 1. The van der Waals surface area contributed by atoms with Crippen LogP contribution in [0.15, 0.2) is 24.3 Å². The van der Waals surface area contributed by atoms with Gasteiger partial charge in [0, 0.05) is 5.69 Å². The lowest BCUT2D eigenvalue weighted by atomic mass is 9.83. The van der Waals surface area contributed by atoms with Crippen molar-refractivity contribution in [1.29, 1.82) is 0 Å². The lowest BCUT2D eigenvalue weighted by molar-refractivity contribution is -0.147. The predicted molar refractivity (Wildman–Crippen MR) is 82.7 cm³/mol. The third kappa shape index (κ3) is 3.97. The van der Waals surface area contributed by atoms with Gasteiger partial charge < -0.3 is 15.8 Å². The molecule has 5 heteroatoms. The van der Waals surface area contributed by atoms with E-state index in [9.17, 15) is 9.59 Å². The molecule has 0 fully saturated rings. The Morgan fingerprint density at radius 2 is 1.71 bits per heavy atom. The first kappa shape index (κ1) is 17.0. The summed E-state index contributed by atoms with van der Waals surface area (Å²) in [6.07, 6.45) is 0. The molecular formula is C16H24N2O3. The SMILES string of the molecule is COC(=O)[C@@H](NC(=O)C(C)(C)c1ccc(N)cc1)C(C)C. The van der Waals surface area contributed by atoms with Crippen molar-refractivity contribution in [3.8, 4) is 0 Å². The number of nitrogen functional groups attached to an aromatic ring is 1. The average molecular weight is 292 g/mol. The van der Waals surface area contributed by atoms with Gasteiger partial charge in [0.15, 0.2) is 0 Å². The number of carbonyl (C=O) groups excluding carboxylic acids is 2. The third-order valence-corrected chi connectivity index (χ3v) is 3.61. The standard InChI is InChI=1S/C16H24N2O3/c1-10(2)13(14(19)21-5)18-15(20)16(3,4)11-6-8-12(17)9-7-11/h6-10,13H,17H2,1-5H3,(H,18,20)/t13-/m0/s1. The number of hydrogen-bond donors (Lipinski definition) is 2. The lowest BCUT2D eigenvalue weighted by Gasteiger charge is -2.28. The van der Waals surface area contributed by atoms with Crippen LogP contribution in [-0.4, -0.2) is 25.0 Å². The fourth-order valence-electron chi connectivity index (χ4n) is 1.98. The number of hydrogen-bond acceptors (Lipinski definition) is 4. The second kappa shape index (κ2) is 6.61. The molecule has 0 aliphatic heterocycles. The Bertz CT molecular complexity index is 507. The van der Waals surface area contributed by atoms with Gasteiger partial charge in [-0.2, -0.15) is 0 Å². The van der Waals surface area contributed by atoms with E-state index >= 15 is 0 Å². The van der Waals surface area contributed by atoms with Crippen LogP contribution in [-0.2, 0) is 19.7 Å². The number of benzene rings is 1. The summed E-state index contributed by atoms with van der Waals surface area (Å²) in [4.78, 5) is 24.3. The molecule has 21 heavy (non-hydrogen) atoms. The van der Waals surface area contributed by atoms with Gasteiger partial charge in [0.1, 0.15) is 6.04 Å². The lowest BCUT2D eigenvalue weighted by Crippen LogP contribution is -2.50. The molecular weight excluding hydrogens is 268 g/mol. The number of nitrogens with one attached hydrogen (secondary N) is 1. The number of rotatable bonds is 5. The van der Waals surface area contributed by atoms with E-state index < -0.39 is 17.4 Å². The zero-order valence-electron chi connectivity index (χ0n) is 13.3. The topological polar surface area (TPSA) is 81.4 Å². The van der Waals surface area contributed by atoms with Gasteiger partial charge in [-0.3, -0.25) is 4.79 Å². The van der Waals surface area contributed by atoms with Gasteiger partial charge >= 0.3 is 5.97 Å². The fraction of sp³-hybridized carbons (Fsp3) is 0.500. The van der Waals surface area contributed by atoms with Crippen LogP contribution in [0.3, 0.4) is 0 Å². The van der Waals surface area contributed by atoms with E-state index in [0.29, 0.717) is 5.69 Å². The molecule has 0 bridgehead atoms. The molecule has 0 heterocycles. The summed E-state index contributed by atoms with van der Waals surface area (Å²) in [6, 6.07) is 6.49. The first-order valence-corrected chi connectivity index (χ1v) is 6.95. The molecule has 1 amide bonds. The van der Waals surface area contributed by atoms with Crippen LogP contribution in [0.1, 0.15) is 33.3 Å². The van der Waals surface area contributed by atoms with Gasteiger partial charge in [-0.05, 0) is 37.5 Å². The summed E-state index contributed by atoms with van der Waals surface area (Å²) >= 11 is 0. The highest BCUT2D eigenvalue weighted by molar-refractivity contribution is 5.91. The fourth-order valence-corrected chi connectivity index (χ4v) is 1.98. The van der Waals surface area contributed by atoms with Crippen LogP contribution in [0, 0.1) is 5.92 Å². The Kier molecular flexibility index (Phi) is 5.35. The molecule has 0 unspecified atom stereocenters. The molecule has 5 nitrogen and oxygen atoms in total. The Morgan fingerprint density at radius 3 is 2.14 bits per heavy atom. The van der Waals surface area contributed by atoms with E-state index in [1.165, 1.54) is 7.11 Å². The Hall–Kier alpha value is -2.04. The summed E-state index contributed by atoms with van der Waals surface area (Å²) in [5, 5.41) is 2.78. The molecule has 1 atom stereocenters. The van der Waals surface area contributed by atoms with Gasteiger partial charge in [-0.1, -0.05) is 26.0 Å². The van der Waals surface area contributed by atoms with Crippen LogP contribution in [0.2, 0.25) is 0 Å². The summed E-state index contributed by atoms with van der Waals surface area (Å²) < 4.78 is 4.74. The molecule has 0 aliphatic rings. The largest absolute Gasteiger partial charge is 0.467 e. The van der Waals surface area contributed by atoms with Crippen molar-refractivity contribution >= 4 is 17.6 Å². The van der Waals surface area contributed by atoms with Crippen molar-refractivity contribution in [3.05, 3.63) is 29.8 Å². The quantitative estimate of drug-likeness (QED) is 0.641. The zero-order chi connectivity index (χ0) is 16.2. The average Bonchev–Trinajstić information content (AvgIpc) is 2.43. The summed E-state index contributed by atoms with van der Waals surface area (Å²) in [5.74, 6) is -0.716. The summed E-state index contributed by atoms with van der Waals surface area (Å²) in [7, 11) is 1.31. The van der Waals surface area contributed by atoms with Gasteiger partial charge in [0.05, 0.1) is 12.5 Å². The molecule has 1 aromatic rings. The van der Waals surface area contributed by atoms with Crippen LogP contribution >= 0.6 is 0 Å². The van der Waals surface area contributed by atoms with E-state index in [4.69, 9.17) is 10.5 Å². The molecule has 0 spiro atoms. The second-order valence-corrected chi connectivity index (χ2v) is 5.97. The molecule has 0 aliphatic carbocycles. The van der Waals surface area contributed by atoms with Crippen molar-refractivity contribution in [1.82, 2.24) is 5.32 Å². The van der Waals surface area contributed by atoms with Crippen molar-refractivity contribution in [2.45, 2.75) is 39.2 Å². The van der Waals surface area contributed by atoms with Crippen molar-refractivity contribution in [2.75, 3.05) is 12.8 Å². The van der Waals surface area contributed by atoms with Crippen LogP contribution in [0.4, 0.5) is 5.69 Å². The maximum atomic E-state index is 12.5. The van der Waals surface area contributed by atoms with Gasteiger partial charge in [-0.25, -0.2) is 4.79 Å². The van der Waals surface area contributed by atoms with E-state index in [1.807, 2.05) is 39.8 Å². The third-order valence-electron chi connectivity index (χ3n) is 3.61. The number of carbonyl (C=O) groups is 2. The second-order valence-electron chi connectivity index (χ2n) is 5.97. The molecule has 1 aromatic carbocycles. The van der Waals surface area contributed by atoms with Crippen molar-refractivity contribution in [2.24, 2.45) is 5.92 Å². The highest BCUT2D eigenvalue weighted by Gasteiger charge is 2.34. The first-order valence-electron chi connectivity index (χ1n) is 6.95. The maximum Gasteiger partial charge on any atom is 0.328 e. The molecule has 0 radical (unpaired) electrons. The number of amides is 1. The normalized spacial score (nSPS) is 12.9. The van der Waals surface area contributed by atoms with E-state index in [2.05, 4.69) is 5.32 Å². The monoisotopic (exact) mass is 292 g/mol. The number of anilines is 1. The molecule has 3 N–H and O–H groups in total. The summed E-state index contributed by atoms with van der Waals surface area (Å²) in [6.45, 7) is 7.33. The Labute approximate surface area is 125 Å². The minimum atomic E-state index is -0.769. The first-order chi connectivity index (χ1) is 9.70. The van der Waals surface area contributed by atoms with Gasteiger partial charge in [0.2, 0.25) is 5.91 Å². The minimum absolute atomic E-state index is 0.0522. The van der Waals surface area contributed by atoms with Crippen molar-refractivity contribution in [3.63, 3.8) is 0 Å². The summed E-state index contributed by atoms with van der Waals surface area (Å²) in [5.41, 5.74) is 6.37. The molecule has 116 valence electrons. The van der Waals surface area contributed by atoms with E-state index in [1.54, 1.807) is 12.1 Å². The highest BCUT2D eigenvalue weighted by atomic mass is 16.5. The smallest absolute Gasteiger partial charge is 0.328 e. The number of ether oxygens (including phenoxy) is 1. The van der Waals surface area contributed by atoms with E-state index in [0.717, 1.165) is 5.56 Å². The van der Waals surface area contributed by atoms with Crippen LogP contribution in [0.25, 0.3) is 0 Å². The number of esters is 1. The van der Waals surface area contributed by atoms with Gasteiger partial charge in [0.25, 0.3) is 0 Å². The predicted octanol–water partition coefficient (Wildman–Crippen LogP) is 1.86. The number of nitrogens with two attached hydrogens (primary N) is 1. The van der Waals surface area contributed by atoms with Crippen molar-refractivity contribution < 1.29 is 14.3 Å². The minimum Gasteiger partial charge on any atom is -0.467 e. The molecule has 1 rings (SSSR count).